The van der Waals surface area contributed by atoms with Crippen molar-refractivity contribution in [1.82, 2.24) is 30.0 Å². The van der Waals surface area contributed by atoms with Gasteiger partial charge in [-0.25, -0.2) is 4.39 Å². The Labute approximate surface area is 186 Å². The lowest BCUT2D eigenvalue weighted by molar-refractivity contribution is -0.135. The van der Waals surface area contributed by atoms with Crippen molar-refractivity contribution in [2.75, 3.05) is 32.8 Å². The van der Waals surface area contributed by atoms with Crippen molar-refractivity contribution >= 4 is 5.91 Å². The van der Waals surface area contributed by atoms with E-state index in [0.29, 0.717) is 55.9 Å². The average Bonchev–Trinajstić information content (AvgIpc) is 3.26. The second kappa shape index (κ2) is 9.86. The van der Waals surface area contributed by atoms with Crippen LogP contribution in [0.15, 0.2) is 48.5 Å². The summed E-state index contributed by atoms with van der Waals surface area (Å²) in [6.07, 6.45) is 0. The van der Waals surface area contributed by atoms with Gasteiger partial charge in [-0.15, -0.1) is 5.10 Å². The molecule has 32 heavy (non-hydrogen) atoms. The highest BCUT2D eigenvalue weighted by Crippen LogP contribution is 2.19. The van der Waals surface area contributed by atoms with Gasteiger partial charge in [0.25, 0.3) is 5.91 Å². The average molecular weight is 439 g/mol. The summed E-state index contributed by atoms with van der Waals surface area (Å²) in [5, 5.41) is 11.8. The maximum absolute atomic E-state index is 13.5. The molecule has 0 N–H and O–H groups in total. The molecule has 1 amide bonds. The Morgan fingerprint density at radius 1 is 1.09 bits per heavy atom. The van der Waals surface area contributed by atoms with Crippen molar-refractivity contribution in [3.05, 3.63) is 65.7 Å². The number of piperazine rings is 1. The molecule has 0 spiro atoms. The van der Waals surface area contributed by atoms with Crippen LogP contribution in [-0.4, -0.2) is 68.7 Å². The molecule has 9 heteroatoms. The van der Waals surface area contributed by atoms with Crippen molar-refractivity contribution in [3.63, 3.8) is 0 Å². The zero-order chi connectivity index (χ0) is 22.5. The molecule has 8 nitrogen and oxygen atoms in total. The largest absolute Gasteiger partial charge is 0.484 e. The van der Waals surface area contributed by atoms with Crippen LogP contribution in [0, 0.1) is 5.82 Å². The van der Waals surface area contributed by atoms with E-state index in [2.05, 4.69) is 34.3 Å². The zero-order valence-corrected chi connectivity index (χ0v) is 18.3. The molecule has 0 unspecified atom stereocenters. The molecule has 1 fully saturated rings. The summed E-state index contributed by atoms with van der Waals surface area (Å²) in [7, 11) is 0. The smallest absolute Gasteiger partial charge is 0.260 e. The van der Waals surface area contributed by atoms with Gasteiger partial charge in [0.15, 0.2) is 12.4 Å². The molecule has 0 saturated carbocycles. The number of halogens is 1. The summed E-state index contributed by atoms with van der Waals surface area (Å²) in [6.45, 7) is 7.44. The van der Waals surface area contributed by atoms with E-state index in [1.165, 1.54) is 17.7 Å². The minimum absolute atomic E-state index is 0.0258. The topological polar surface area (TPSA) is 76.4 Å². The maximum Gasteiger partial charge on any atom is 0.260 e. The standard InChI is InChI=1S/C23H27FN6O2/c1-17(2)18-6-8-21(9-7-18)32-16-23(31)29-12-10-28(11-13-29)15-22-25-26-27-30(22)20-5-3-4-19(24)14-20/h3-9,14,17H,10-13,15-16H2,1-2H3. The summed E-state index contributed by atoms with van der Waals surface area (Å²) in [6, 6.07) is 14.0. The van der Waals surface area contributed by atoms with E-state index in [1.54, 1.807) is 16.8 Å². The number of rotatable bonds is 7. The predicted octanol–water partition coefficient (Wildman–Crippen LogP) is 2.65. The second-order valence-corrected chi connectivity index (χ2v) is 8.16. The van der Waals surface area contributed by atoms with Crippen LogP contribution in [0.2, 0.25) is 0 Å². The third-order valence-corrected chi connectivity index (χ3v) is 5.59. The molecule has 0 aliphatic carbocycles. The van der Waals surface area contributed by atoms with E-state index in [1.807, 2.05) is 29.2 Å². The monoisotopic (exact) mass is 438 g/mol. The van der Waals surface area contributed by atoms with Crippen LogP contribution in [-0.2, 0) is 11.3 Å². The first kappa shape index (κ1) is 21.9. The van der Waals surface area contributed by atoms with E-state index in [0.717, 1.165) is 0 Å². The molecule has 0 atom stereocenters. The summed E-state index contributed by atoms with van der Waals surface area (Å²) < 4.78 is 20.8. The number of tetrazole rings is 1. The van der Waals surface area contributed by atoms with Crippen molar-refractivity contribution < 1.29 is 13.9 Å². The first-order chi connectivity index (χ1) is 15.5. The second-order valence-electron chi connectivity index (χ2n) is 8.16. The van der Waals surface area contributed by atoms with Crippen LogP contribution < -0.4 is 4.74 Å². The third-order valence-electron chi connectivity index (χ3n) is 5.59. The SMILES string of the molecule is CC(C)c1ccc(OCC(=O)N2CCN(Cc3nnnn3-c3cccc(F)c3)CC2)cc1. The summed E-state index contributed by atoms with van der Waals surface area (Å²) in [4.78, 5) is 16.5. The highest BCUT2D eigenvalue weighted by atomic mass is 19.1. The molecule has 1 saturated heterocycles. The molecule has 168 valence electrons. The van der Waals surface area contributed by atoms with Crippen LogP contribution in [0.3, 0.4) is 0 Å². The van der Waals surface area contributed by atoms with Crippen LogP contribution in [0.5, 0.6) is 5.75 Å². The number of ether oxygens (including phenoxy) is 1. The molecule has 3 aromatic rings. The van der Waals surface area contributed by atoms with Crippen molar-refractivity contribution in [1.29, 1.82) is 0 Å². The molecule has 1 aliphatic heterocycles. The predicted molar refractivity (Wildman–Crippen MR) is 117 cm³/mol. The molecule has 2 aromatic carbocycles. The van der Waals surface area contributed by atoms with E-state index >= 15 is 0 Å². The highest BCUT2D eigenvalue weighted by Gasteiger charge is 2.23. The molecule has 0 bridgehead atoms. The van der Waals surface area contributed by atoms with Gasteiger partial charge in [0.1, 0.15) is 11.6 Å². The fourth-order valence-electron chi connectivity index (χ4n) is 3.65. The number of amides is 1. The minimum Gasteiger partial charge on any atom is -0.484 e. The Morgan fingerprint density at radius 3 is 2.53 bits per heavy atom. The Kier molecular flexibility index (Phi) is 6.75. The lowest BCUT2D eigenvalue weighted by Crippen LogP contribution is -2.49. The Hall–Kier alpha value is -3.33. The van der Waals surface area contributed by atoms with Gasteiger partial charge < -0.3 is 9.64 Å². The molecule has 1 aromatic heterocycles. The first-order valence-electron chi connectivity index (χ1n) is 10.8. The summed E-state index contributed by atoms with van der Waals surface area (Å²) in [5.41, 5.74) is 1.82. The number of benzene rings is 2. The number of carbonyl (C=O) groups is 1. The van der Waals surface area contributed by atoms with Gasteiger partial charge in [0.05, 0.1) is 12.2 Å². The normalized spacial score (nSPS) is 14.7. The summed E-state index contributed by atoms with van der Waals surface area (Å²) >= 11 is 0. The highest BCUT2D eigenvalue weighted by molar-refractivity contribution is 5.77. The Balaban J connectivity index is 1.26. The van der Waals surface area contributed by atoms with E-state index in [4.69, 9.17) is 4.74 Å². The first-order valence-corrected chi connectivity index (χ1v) is 10.8. The number of aromatic nitrogens is 4. The Bertz CT molecular complexity index is 1040. The van der Waals surface area contributed by atoms with Crippen LogP contribution in [0.25, 0.3) is 5.69 Å². The van der Waals surface area contributed by atoms with Crippen LogP contribution in [0.4, 0.5) is 4.39 Å². The van der Waals surface area contributed by atoms with Crippen LogP contribution >= 0.6 is 0 Å². The van der Waals surface area contributed by atoms with Gasteiger partial charge in [-0.05, 0) is 52.2 Å². The van der Waals surface area contributed by atoms with Gasteiger partial charge in [0.2, 0.25) is 0 Å². The van der Waals surface area contributed by atoms with E-state index < -0.39 is 0 Å². The van der Waals surface area contributed by atoms with Gasteiger partial charge in [-0.2, -0.15) is 4.68 Å². The Morgan fingerprint density at radius 2 is 1.84 bits per heavy atom. The zero-order valence-electron chi connectivity index (χ0n) is 18.3. The van der Waals surface area contributed by atoms with Gasteiger partial charge in [0, 0.05) is 26.2 Å². The van der Waals surface area contributed by atoms with Crippen molar-refractivity contribution in [2.45, 2.75) is 26.3 Å². The fourth-order valence-corrected chi connectivity index (χ4v) is 3.65. The van der Waals surface area contributed by atoms with E-state index in [-0.39, 0.29) is 18.3 Å². The molecule has 4 rings (SSSR count). The number of carbonyl (C=O) groups excluding carboxylic acids is 1. The quantitative estimate of drug-likeness (QED) is 0.565. The van der Waals surface area contributed by atoms with Gasteiger partial charge in [-0.1, -0.05) is 32.0 Å². The molecule has 2 heterocycles. The summed E-state index contributed by atoms with van der Waals surface area (Å²) in [5.74, 6) is 1.42. The number of hydrogen-bond donors (Lipinski definition) is 0. The van der Waals surface area contributed by atoms with E-state index in [9.17, 15) is 9.18 Å². The van der Waals surface area contributed by atoms with Gasteiger partial charge >= 0.3 is 0 Å². The van der Waals surface area contributed by atoms with Crippen molar-refractivity contribution in [3.8, 4) is 11.4 Å². The fraction of sp³-hybridized carbons (Fsp3) is 0.391. The molecule has 1 aliphatic rings. The lowest BCUT2D eigenvalue weighted by Gasteiger charge is -2.34. The third kappa shape index (κ3) is 5.28. The molecule has 0 radical (unpaired) electrons. The lowest BCUT2D eigenvalue weighted by atomic mass is 10.0. The minimum atomic E-state index is -0.339. The molecular formula is C23H27FN6O2. The van der Waals surface area contributed by atoms with Crippen molar-refractivity contribution in [2.24, 2.45) is 0 Å². The van der Waals surface area contributed by atoms with Crippen LogP contribution in [0.1, 0.15) is 31.2 Å². The number of hydrogen-bond acceptors (Lipinski definition) is 6. The maximum atomic E-state index is 13.5. The van der Waals surface area contributed by atoms with Gasteiger partial charge in [-0.3, -0.25) is 9.69 Å². The number of nitrogens with zero attached hydrogens (tertiary/aromatic N) is 6. The molecular weight excluding hydrogens is 411 g/mol.